The lowest BCUT2D eigenvalue weighted by atomic mass is 9.83. The van der Waals surface area contributed by atoms with Gasteiger partial charge < -0.3 is 15.5 Å². The molecule has 1 aliphatic heterocycles. The van der Waals surface area contributed by atoms with Gasteiger partial charge in [-0.15, -0.1) is 12.4 Å². The molecule has 130 valence electrons. The monoisotopic (exact) mass is 359 g/mol. The molecule has 1 amide bonds. The minimum atomic E-state index is -0.618. The summed E-state index contributed by atoms with van der Waals surface area (Å²) < 4.78 is 0. The predicted octanol–water partition coefficient (Wildman–Crippen LogP) is 2.45. The molecule has 0 bridgehead atoms. The summed E-state index contributed by atoms with van der Waals surface area (Å²) in [5, 5.41) is 7.03. The first kappa shape index (κ1) is 20.2. The van der Waals surface area contributed by atoms with E-state index in [1.165, 1.54) is 0 Å². The molecule has 1 heterocycles. The van der Waals surface area contributed by atoms with Crippen LogP contribution in [0.3, 0.4) is 0 Å². The Kier molecular flexibility index (Phi) is 8.34. The van der Waals surface area contributed by atoms with Crippen LogP contribution in [-0.4, -0.2) is 50.1 Å². The van der Waals surface area contributed by atoms with Crippen LogP contribution in [0, 0.1) is 0 Å². The Morgan fingerprint density at radius 2 is 1.96 bits per heavy atom. The zero-order valence-corrected chi connectivity index (χ0v) is 15.5. The van der Waals surface area contributed by atoms with Gasteiger partial charge in [-0.3, -0.25) is 4.79 Å². The van der Waals surface area contributed by atoms with Crippen molar-refractivity contribution in [3.8, 4) is 0 Å². The molecule has 0 atom stereocenters. The zero-order chi connectivity index (χ0) is 16.0. The van der Waals surface area contributed by atoms with Gasteiger partial charge in [-0.1, -0.05) is 29.8 Å². The summed E-state index contributed by atoms with van der Waals surface area (Å²) in [6, 6.07) is 7.55. The molecule has 1 aliphatic rings. The molecule has 0 unspecified atom stereocenters. The molecule has 4 nitrogen and oxygen atoms in total. The maximum absolute atomic E-state index is 12.5. The summed E-state index contributed by atoms with van der Waals surface area (Å²) >= 11 is 6.22. The number of rotatable bonds is 6. The molecule has 0 aliphatic carbocycles. The fraction of sp³-hybridized carbons (Fsp3) is 0.588. The van der Waals surface area contributed by atoms with Crippen LogP contribution in [0.4, 0.5) is 0 Å². The number of carbonyl (C=O) groups excluding carboxylic acids is 1. The number of carbonyl (C=O) groups is 1. The largest absolute Gasteiger partial charge is 0.355 e. The van der Waals surface area contributed by atoms with E-state index < -0.39 is 5.41 Å². The molecule has 0 spiro atoms. The summed E-state index contributed by atoms with van der Waals surface area (Å²) in [5.74, 6) is 0.0286. The van der Waals surface area contributed by atoms with E-state index in [0.717, 1.165) is 44.7 Å². The van der Waals surface area contributed by atoms with Crippen molar-refractivity contribution in [3.05, 3.63) is 34.9 Å². The fourth-order valence-electron chi connectivity index (χ4n) is 2.75. The smallest absolute Gasteiger partial charge is 0.230 e. The minimum absolute atomic E-state index is 0. The van der Waals surface area contributed by atoms with Crippen LogP contribution in [0.2, 0.25) is 5.02 Å². The van der Waals surface area contributed by atoms with Crippen LogP contribution < -0.4 is 10.6 Å². The zero-order valence-electron chi connectivity index (χ0n) is 13.9. The van der Waals surface area contributed by atoms with Gasteiger partial charge in [-0.05, 0) is 38.4 Å². The molecule has 1 fully saturated rings. The second-order valence-corrected chi connectivity index (χ2v) is 6.71. The summed E-state index contributed by atoms with van der Waals surface area (Å²) in [6.07, 6.45) is 0.977. The van der Waals surface area contributed by atoms with Crippen LogP contribution in [0.25, 0.3) is 0 Å². The first-order chi connectivity index (χ1) is 10.5. The van der Waals surface area contributed by atoms with Gasteiger partial charge in [0.05, 0.1) is 5.41 Å². The minimum Gasteiger partial charge on any atom is -0.355 e. The summed E-state index contributed by atoms with van der Waals surface area (Å²) in [5.41, 5.74) is 0.254. The van der Waals surface area contributed by atoms with Crippen molar-refractivity contribution < 1.29 is 4.79 Å². The van der Waals surface area contributed by atoms with Gasteiger partial charge in [0.1, 0.15) is 0 Å². The Hall–Kier alpha value is -0.810. The number of benzene rings is 1. The van der Waals surface area contributed by atoms with Crippen molar-refractivity contribution in [2.75, 3.05) is 39.3 Å². The number of piperazine rings is 1. The maximum atomic E-state index is 12.5. The van der Waals surface area contributed by atoms with Gasteiger partial charge in [0.2, 0.25) is 5.91 Å². The maximum Gasteiger partial charge on any atom is 0.230 e. The topological polar surface area (TPSA) is 44.4 Å². The molecular weight excluding hydrogens is 333 g/mol. The Morgan fingerprint density at radius 3 is 2.61 bits per heavy atom. The predicted molar refractivity (Wildman–Crippen MR) is 98.7 cm³/mol. The van der Waals surface area contributed by atoms with E-state index in [4.69, 9.17) is 11.6 Å². The lowest BCUT2D eigenvalue weighted by Gasteiger charge is -2.28. The Balaban J connectivity index is 0.00000264. The summed E-state index contributed by atoms with van der Waals surface area (Å²) in [4.78, 5) is 14.9. The molecule has 23 heavy (non-hydrogen) atoms. The third kappa shape index (κ3) is 5.64. The van der Waals surface area contributed by atoms with E-state index in [2.05, 4.69) is 15.5 Å². The van der Waals surface area contributed by atoms with Crippen molar-refractivity contribution >= 4 is 29.9 Å². The molecule has 2 N–H and O–H groups in total. The van der Waals surface area contributed by atoms with E-state index in [0.29, 0.717) is 11.6 Å². The average molecular weight is 360 g/mol. The molecule has 1 aromatic carbocycles. The molecule has 0 aromatic heterocycles. The molecule has 1 saturated heterocycles. The number of hydrogen-bond donors (Lipinski definition) is 2. The highest BCUT2D eigenvalue weighted by atomic mass is 35.5. The summed E-state index contributed by atoms with van der Waals surface area (Å²) in [7, 11) is 0. The first-order valence-electron chi connectivity index (χ1n) is 7.98. The highest BCUT2D eigenvalue weighted by Crippen LogP contribution is 2.29. The molecular formula is C17H27Cl2N3O. The van der Waals surface area contributed by atoms with E-state index >= 15 is 0 Å². The number of hydrogen-bond acceptors (Lipinski definition) is 3. The van der Waals surface area contributed by atoms with E-state index in [1.54, 1.807) is 0 Å². The van der Waals surface area contributed by atoms with Gasteiger partial charge in [-0.2, -0.15) is 0 Å². The third-order valence-corrected chi connectivity index (χ3v) is 4.59. The van der Waals surface area contributed by atoms with Crippen molar-refractivity contribution in [2.45, 2.75) is 25.7 Å². The fourth-order valence-corrected chi connectivity index (χ4v) is 3.12. The Bertz CT molecular complexity index is 502. The van der Waals surface area contributed by atoms with Crippen molar-refractivity contribution in [1.29, 1.82) is 0 Å². The standard InChI is InChI=1S/C17H26ClN3O.ClH/c1-17(2,14-6-3-4-7-15(14)18)16(22)20-8-5-11-21-12-9-19-10-13-21;/h3-4,6-7,19H,5,8-13H2,1-2H3,(H,20,22);1H. The van der Waals surface area contributed by atoms with E-state index in [1.807, 2.05) is 38.1 Å². The van der Waals surface area contributed by atoms with Crippen LogP contribution in [0.1, 0.15) is 25.8 Å². The third-order valence-electron chi connectivity index (χ3n) is 4.26. The van der Waals surface area contributed by atoms with Crippen LogP contribution in [0.5, 0.6) is 0 Å². The molecule has 6 heteroatoms. The van der Waals surface area contributed by atoms with Gasteiger partial charge in [0.15, 0.2) is 0 Å². The van der Waals surface area contributed by atoms with Gasteiger partial charge in [-0.25, -0.2) is 0 Å². The van der Waals surface area contributed by atoms with Crippen molar-refractivity contribution in [3.63, 3.8) is 0 Å². The average Bonchev–Trinajstić information content (AvgIpc) is 2.52. The van der Waals surface area contributed by atoms with Gasteiger partial charge in [0, 0.05) is 37.7 Å². The van der Waals surface area contributed by atoms with Crippen molar-refractivity contribution in [1.82, 2.24) is 15.5 Å². The Labute approximate surface area is 150 Å². The highest BCUT2D eigenvalue weighted by molar-refractivity contribution is 6.31. The highest BCUT2D eigenvalue weighted by Gasteiger charge is 2.31. The number of nitrogens with zero attached hydrogens (tertiary/aromatic N) is 1. The van der Waals surface area contributed by atoms with Crippen LogP contribution >= 0.6 is 24.0 Å². The number of halogens is 2. The SMILES string of the molecule is CC(C)(C(=O)NCCCN1CCNCC1)c1ccccc1Cl.Cl. The summed E-state index contributed by atoms with van der Waals surface area (Å²) in [6.45, 7) is 9.89. The lowest BCUT2D eigenvalue weighted by molar-refractivity contribution is -0.125. The second kappa shape index (κ2) is 9.48. The number of nitrogens with one attached hydrogen (secondary N) is 2. The normalized spacial score (nSPS) is 15.8. The first-order valence-corrected chi connectivity index (χ1v) is 8.36. The molecule has 0 saturated carbocycles. The molecule has 1 aromatic rings. The lowest BCUT2D eigenvalue weighted by Crippen LogP contribution is -2.45. The van der Waals surface area contributed by atoms with Crippen LogP contribution in [-0.2, 0) is 10.2 Å². The van der Waals surface area contributed by atoms with Crippen molar-refractivity contribution in [2.24, 2.45) is 0 Å². The molecule has 0 radical (unpaired) electrons. The quantitative estimate of drug-likeness (QED) is 0.766. The second-order valence-electron chi connectivity index (χ2n) is 6.31. The molecule has 2 rings (SSSR count). The Morgan fingerprint density at radius 1 is 1.30 bits per heavy atom. The van der Waals surface area contributed by atoms with Crippen LogP contribution in [0.15, 0.2) is 24.3 Å². The van der Waals surface area contributed by atoms with Gasteiger partial charge >= 0.3 is 0 Å². The number of amides is 1. The van der Waals surface area contributed by atoms with Gasteiger partial charge in [0.25, 0.3) is 0 Å². The van der Waals surface area contributed by atoms with E-state index in [9.17, 15) is 4.79 Å². The van der Waals surface area contributed by atoms with E-state index in [-0.39, 0.29) is 18.3 Å².